The Bertz CT molecular complexity index is 549. The van der Waals surface area contributed by atoms with Crippen molar-refractivity contribution in [2.75, 3.05) is 26.0 Å². The van der Waals surface area contributed by atoms with E-state index >= 15 is 0 Å². The van der Waals surface area contributed by atoms with Crippen molar-refractivity contribution in [3.8, 4) is 0 Å². The first-order valence-corrected chi connectivity index (χ1v) is 6.65. The molecule has 0 amide bonds. The molecule has 1 aromatic carbocycles. The van der Waals surface area contributed by atoms with Crippen LogP contribution in [0, 0.1) is 13.8 Å². The van der Waals surface area contributed by atoms with Crippen LogP contribution in [0.15, 0.2) is 36.2 Å². The first-order chi connectivity index (χ1) is 8.90. The van der Waals surface area contributed by atoms with Gasteiger partial charge in [-0.1, -0.05) is 18.2 Å². The van der Waals surface area contributed by atoms with Crippen molar-refractivity contribution < 1.29 is 0 Å². The number of hydrogen-bond acceptors (Lipinski definition) is 3. The van der Waals surface area contributed by atoms with Crippen LogP contribution in [0.1, 0.15) is 11.1 Å². The molecule has 1 aliphatic rings. The minimum absolute atomic E-state index is 0.766. The lowest BCUT2D eigenvalue weighted by molar-refractivity contribution is 0.133. The highest BCUT2D eigenvalue weighted by molar-refractivity contribution is 6.31. The number of anilines is 1. The lowest BCUT2D eigenvalue weighted by Crippen LogP contribution is -2.31. The molecule has 1 heterocycles. The summed E-state index contributed by atoms with van der Waals surface area (Å²) < 4.78 is 0. The zero-order valence-electron chi connectivity index (χ0n) is 11.9. The zero-order chi connectivity index (χ0) is 14.2. The van der Waals surface area contributed by atoms with Crippen molar-refractivity contribution in [2.24, 2.45) is 0 Å². The maximum absolute atomic E-state index is 6.11. The maximum atomic E-state index is 6.11. The standard InChI is InChI=1S/C15H20ClN3/c1-10-7-15(11(2)6-14(10)16)17-9-13-8-12(3)18(4)19(13)5/h6-8,17H,3,9H2,1-2,4-5H3. The SMILES string of the molecule is C=C1C=C(CNc2cc(C)c(Cl)cc2C)N(C)N1C. The molecular weight excluding hydrogens is 258 g/mol. The number of aryl methyl sites for hydroxylation is 2. The van der Waals surface area contributed by atoms with Gasteiger partial charge in [-0.3, -0.25) is 10.0 Å². The van der Waals surface area contributed by atoms with Crippen LogP contribution < -0.4 is 5.32 Å². The van der Waals surface area contributed by atoms with E-state index in [9.17, 15) is 0 Å². The van der Waals surface area contributed by atoms with Gasteiger partial charge >= 0.3 is 0 Å². The third-order valence-corrected chi connectivity index (χ3v) is 3.99. The molecule has 102 valence electrons. The molecule has 0 saturated carbocycles. The average molecular weight is 278 g/mol. The van der Waals surface area contributed by atoms with E-state index in [0.29, 0.717) is 0 Å². The number of allylic oxidation sites excluding steroid dienone is 1. The molecule has 0 bridgehead atoms. The van der Waals surface area contributed by atoms with E-state index in [1.807, 2.05) is 32.1 Å². The number of rotatable bonds is 3. The number of hydrogen-bond donors (Lipinski definition) is 1. The molecule has 0 aliphatic carbocycles. The number of benzene rings is 1. The summed E-state index contributed by atoms with van der Waals surface area (Å²) in [5, 5.41) is 8.39. The predicted molar refractivity (Wildman–Crippen MR) is 82.2 cm³/mol. The molecule has 19 heavy (non-hydrogen) atoms. The van der Waals surface area contributed by atoms with Gasteiger partial charge in [-0.05, 0) is 43.2 Å². The van der Waals surface area contributed by atoms with Gasteiger partial charge in [0.1, 0.15) is 0 Å². The molecule has 4 heteroatoms. The fraction of sp³-hybridized carbons (Fsp3) is 0.333. The number of hydrazine groups is 1. The Hall–Kier alpha value is -1.61. The summed E-state index contributed by atoms with van der Waals surface area (Å²) in [4.78, 5) is 0. The molecule has 1 N–H and O–H groups in total. The molecule has 0 radical (unpaired) electrons. The third kappa shape index (κ3) is 2.71. The normalized spacial score (nSPS) is 15.0. The number of halogens is 1. The lowest BCUT2D eigenvalue weighted by atomic mass is 10.1. The molecule has 1 aromatic rings. The number of likely N-dealkylation sites (N-methyl/N-ethyl adjacent to an activating group) is 2. The topological polar surface area (TPSA) is 18.5 Å². The summed E-state index contributed by atoms with van der Waals surface area (Å²) in [6, 6.07) is 4.09. The Morgan fingerprint density at radius 3 is 2.42 bits per heavy atom. The first-order valence-electron chi connectivity index (χ1n) is 6.27. The van der Waals surface area contributed by atoms with Crippen LogP contribution in [0.25, 0.3) is 0 Å². The molecule has 2 rings (SSSR count). The summed E-state index contributed by atoms with van der Waals surface area (Å²) in [6.45, 7) is 8.84. The highest BCUT2D eigenvalue weighted by Gasteiger charge is 2.18. The summed E-state index contributed by atoms with van der Waals surface area (Å²) >= 11 is 6.11. The second-order valence-electron chi connectivity index (χ2n) is 4.94. The van der Waals surface area contributed by atoms with Gasteiger partial charge in [0.05, 0.1) is 17.9 Å². The van der Waals surface area contributed by atoms with Crippen LogP contribution in [0.4, 0.5) is 5.69 Å². The van der Waals surface area contributed by atoms with Gasteiger partial charge in [-0.15, -0.1) is 0 Å². The van der Waals surface area contributed by atoms with Gasteiger partial charge < -0.3 is 5.32 Å². The van der Waals surface area contributed by atoms with Crippen molar-refractivity contribution in [1.29, 1.82) is 0 Å². The number of nitrogens with zero attached hydrogens (tertiary/aromatic N) is 2. The van der Waals surface area contributed by atoms with Gasteiger partial charge in [-0.2, -0.15) is 0 Å². The van der Waals surface area contributed by atoms with Crippen LogP contribution in [-0.4, -0.2) is 30.7 Å². The second-order valence-corrected chi connectivity index (χ2v) is 5.35. The summed E-state index contributed by atoms with van der Waals surface area (Å²) in [6.07, 6.45) is 2.09. The van der Waals surface area contributed by atoms with E-state index in [2.05, 4.69) is 36.0 Å². The molecular formula is C15H20ClN3. The Morgan fingerprint density at radius 1 is 1.16 bits per heavy atom. The molecule has 0 saturated heterocycles. The van der Waals surface area contributed by atoms with E-state index in [4.69, 9.17) is 11.6 Å². The van der Waals surface area contributed by atoms with Gasteiger partial charge in [-0.25, -0.2) is 0 Å². The Labute approximate surface area is 120 Å². The Morgan fingerprint density at radius 2 is 1.84 bits per heavy atom. The highest BCUT2D eigenvalue weighted by Crippen LogP contribution is 2.25. The van der Waals surface area contributed by atoms with Crippen molar-refractivity contribution >= 4 is 17.3 Å². The molecule has 0 fully saturated rings. The quantitative estimate of drug-likeness (QED) is 0.911. The molecule has 0 atom stereocenters. The van der Waals surface area contributed by atoms with Crippen LogP contribution in [0.5, 0.6) is 0 Å². The fourth-order valence-electron chi connectivity index (χ4n) is 2.09. The van der Waals surface area contributed by atoms with Crippen molar-refractivity contribution in [1.82, 2.24) is 10.0 Å². The van der Waals surface area contributed by atoms with Crippen LogP contribution >= 0.6 is 11.6 Å². The van der Waals surface area contributed by atoms with E-state index in [1.54, 1.807) is 0 Å². The van der Waals surface area contributed by atoms with E-state index in [1.165, 1.54) is 5.70 Å². The van der Waals surface area contributed by atoms with Crippen LogP contribution in [0.3, 0.4) is 0 Å². The number of nitrogens with one attached hydrogen (secondary N) is 1. The molecule has 1 aliphatic heterocycles. The molecule has 0 aromatic heterocycles. The van der Waals surface area contributed by atoms with Gasteiger partial charge in [0, 0.05) is 24.8 Å². The lowest BCUT2D eigenvalue weighted by Gasteiger charge is -2.27. The first kappa shape index (κ1) is 13.8. The smallest absolute Gasteiger partial charge is 0.0569 e. The highest BCUT2D eigenvalue weighted by atomic mass is 35.5. The largest absolute Gasteiger partial charge is 0.379 e. The van der Waals surface area contributed by atoms with Gasteiger partial charge in [0.15, 0.2) is 0 Å². The Balaban J connectivity index is 2.10. The molecule has 0 unspecified atom stereocenters. The summed E-state index contributed by atoms with van der Waals surface area (Å²) in [5.74, 6) is 0. The van der Waals surface area contributed by atoms with E-state index in [-0.39, 0.29) is 0 Å². The van der Waals surface area contributed by atoms with Crippen molar-refractivity contribution in [2.45, 2.75) is 13.8 Å². The molecule has 3 nitrogen and oxygen atoms in total. The fourth-order valence-corrected chi connectivity index (χ4v) is 2.31. The van der Waals surface area contributed by atoms with E-state index < -0.39 is 0 Å². The zero-order valence-corrected chi connectivity index (χ0v) is 12.7. The predicted octanol–water partition coefficient (Wildman–Crippen LogP) is 3.56. The maximum Gasteiger partial charge on any atom is 0.0569 e. The second kappa shape index (κ2) is 5.17. The van der Waals surface area contributed by atoms with Crippen LogP contribution in [0.2, 0.25) is 5.02 Å². The molecule has 0 spiro atoms. The van der Waals surface area contributed by atoms with Crippen LogP contribution in [-0.2, 0) is 0 Å². The minimum atomic E-state index is 0.766. The monoisotopic (exact) mass is 277 g/mol. The van der Waals surface area contributed by atoms with Gasteiger partial charge in [0.2, 0.25) is 0 Å². The minimum Gasteiger partial charge on any atom is -0.379 e. The summed E-state index contributed by atoms with van der Waals surface area (Å²) in [7, 11) is 4.04. The van der Waals surface area contributed by atoms with E-state index in [0.717, 1.165) is 34.1 Å². The summed E-state index contributed by atoms with van der Waals surface area (Å²) in [5.41, 5.74) is 5.56. The van der Waals surface area contributed by atoms with Crippen molar-refractivity contribution in [3.63, 3.8) is 0 Å². The third-order valence-electron chi connectivity index (χ3n) is 3.58. The Kier molecular flexibility index (Phi) is 3.76. The van der Waals surface area contributed by atoms with Crippen molar-refractivity contribution in [3.05, 3.63) is 52.3 Å². The average Bonchev–Trinajstić information content (AvgIpc) is 2.60. The van der Waals surface area contributed by atoms with Gasteiger partial charge in [0.25, 0.3) is 0 Å².